The van der Waals surface area contributed by atoms with Crippen molar-refractivity contribution in [2.24, 2.45) is 0 Å². The van der Waals surface area contributed by atoms with Crippen LogP contribution in [0.4, 0.5) is 0 Å². The topological polar surface area (TPSA) is 30.5 Å². The average Bonchev–Trinajstić information content (AvgIpc) is 2.44. The molecular weight excluding hydrogens is 262 g/mol. The van der Waals surface area contributed by atoms with Crippen LogP contribution in [-0.2, 0) is 6.54 Å². The van der Waals surface area contributed by atoms with E-state index in [0.717, 1.165) is 43.9 Å². The first-order chi connectivity index (χ1) is 10.1. The summed E-state index contributed by atoms with van der Waals surface area (Å²) in [6, 6.07) is 6.62. The van der Waals surface area contributed by atoms with Crippen LogP contribution in [0.2, 0.25) is 0 Å². The summed E-state index contributed by atoms with van der Waals surface area (Å²) in [4.78, 5) is 0. The second kappa shape index (κ2) is 9.67. The summed E-state index contributed by atoms with van der Waals surface area (Å²) in [5, 5.41) is 3.45. The van der Waals surface area contributed by atoms with Gasteiger partial charge in [-0.1, -0.05) is 40.2 Å². The maximum atomic E-state index is 6.12. The van der Waals surface area contributed by atoms with Gasteiger partial charge in [-0.15, -0.1) is 0 Å². The van der Waals surface area contributed by atoms with Crippen molar-refractivity contribution in [1.82, 2.24) is 5.32 Å². The Hall–Kier alpha value is -1.22. The van der Waals surface area contributed by atoms with Gasteiger partial charge >= 0.3 is 0 Å². The summed E-state index contributed by atoms with van der Waals surface area (Å²) >= 11 is 0. The number of hydrogen-bond donors (Lipinski definition) is 1. The van der Waals surface area contributed by atoms with Gasteiger partial charge in [0, 0.05) is 24.2 Å². The van der Waals surface area contributed by atoms with Crippen molar-refractivity contribution in [1.29, 1.82) is 0 Å². The number of ether oxygens (including phenoxy) is 2. The molecule has 21 heavy (non-hydrogen) atoms. The normalized spacial score (nSPS) is 12.5. The first-order valence-electron chi connectivity index (χ1n) is 8.22. The molecule has 1 aromatic rings. The first kappa shape index (κ1) is 17.8. The Balaban J connectivity index is 2.83. The Morgan fingerprint density at radius 3 is 2.48 bits per heavy atom. The highest BCUT2D eigenvalue weighted by Gasteiger charge is 2.10. The fourth-order valence-electron chi connectivity index (χ4n) is 2.10. The summed E-state index contributed by atoms with van der Waals surface area (Å²) in [6.07, 6.45) is 3.44. The molecule has 0 fully saturated rings. The van der Waals surface area contributed by atoms with E-state index in [1.807, 2.05) is 12.1 Å². The monoisotopic (exact) mass is 293 g/mol. The molecule has 0 aromatic heterocycles. The van der Waals surface area contributed by atoms with Crippen LogP contribution >= 0.6 is 0 Å². The highest BCUT2D eigenvalue weighted by molar-refractivity contribution is 5.41. The van der Waals surface area contributed by atoms with Crippen LogP contribution in [-0.4, -0.2) is 18.8 Å². The van der Waals surface area contributed by atoms with Crippen molar-refractivity contribution in [2.45, 2.75) is 72.6 Å². The van der Waals surface area contributed by atoms with Gasteiger partial charge in [0.1, 0.15) is 11.5 Å². The summed E-state index contributed by atoms with van der Waals surface area (Å²) in [5.41, 5.74) is 1.19. The van der Waals surface area contributed by atoms with Crippen LogP contribution in [0, 0.1) is 0 Å². The van der Waals surface area contributed by atoms with Crippen molar-refractivity contribution in [2.75, 3.05) is 6.61 Å². The fourth-order valence-corrected chi connectivity index (χ4v) is 2.10. The molecule has 3 heteroatoms. The summed E-state index contributed by atoms with van der Waals surface area (Å²) in [7, 11) is 0. The van der Waals surface area contributed by atoms with Crippen LogP contribution in [0.25, 0.3) is 0 Å². The lowest BCUT2D eigenvalue weighted by molar-refractivity contribution is 0.206. The maximum Gasteiger partial charge on any atom is 0.127 e. The van der Waals surface area contributed by atoms with Gasteiger partial charge in [0.15, 0.2) is 0 Å². The Kier molecular flexibility index (Phi) is 8.21. The van der Waals surface area contributed by atoms with E-state index >= 15 is 0 Å². The van der Waals surface area contributed by atoms with Gasteiger partial charge in [0.25, 0.3) is 0 Å². The lowest BCUT2D eigenvalue weighted by Crippen LogP contribution is -2.22. The summed E-state index contributed by atoms with van der Waals surface area (Å²) in [6.45, 7) is 12.3. The lowest BCUT2D eigenvalue weighted by Gasteiger charge is -2.19. The van der Waals surface area contributed by atoms with Crippen LogP contribution in [0.1, 0.15) is 59.4 Å². The Bertz CT molecular complexity index is 404. The lowest BCUT2D eigenvalue weighted by atomic mass is 10.1. The average molecular weight is 293 g/mol. The highest BCUT2D eigenvalue weighted by atomic mass is 16.5. The van der Waals surface area contributed by atoms with Gasteiger partial charge in [-0.3, -0.25) is 0 Å². The number of rotatable bonds is 10. The predicted octanol–water partition coefficient (Wildman–Crippen LogP) is 4.54. The van der Waals surface area contributed by atoms with E-state index in [4.69, 9.17) is 9.47 Å². The van der Waals surface area contributed by atoms with Gasteiger partial charge in [-0.25, -0.2) is 0 Å². The molecule has 0 aliphatic rings. The zero-order chi connectivity index (χ0) is 15.7. The Morgan fingerprint density at radius 1 is 1.10 bits per heavy atom. The minimum Gasteiger partial charge on any atom is -0.493 e. The van der Waals surface area contributed by atoms with Crippen LogP contribution in [0.3, 0.4) is 0 Å². The van der Waals surface area contributed by atoms with E-state index in [1.54, 1.807) is 0 Å². The minimum absolute atomic E-state index is 0.231. The molecule has 1 rings (SSSR count). The van der Waals surface area contributed by atoms with E-state index in [2.05, 4.69) is 46.0 Å². The predicted molar refractivity (Wildman–Crippen MR) is 89.2 cm³/mol. The number of hydrogen-bond acceptors (Lipinski definition) is 3. The SMILES string of the molecule is CCCOc1ccc(CNC(C)C)c(OC(C)CCC)c1. The molecule has 1 atom stereocenters. The zero-order valence-corrected chi connectivity index (χ0v) is 14.2. The van der Waals surface area contributed by atoms with Gasteiger partial charge in [0.05, 0.1) is 12.7 Å². The van der Waals surface area contributed by atoms with Crippen LogP contribution in [0.5, 0.6) is 11.5 Å². The van der Waals surface area contributed by atoms with Gasteiger partial charge in [0.2, 0.25) is 0 Å². The largest absolute Gasteiger partial charge is 0.493 e. The zero-order valence-electron chi connectivity index (χ0n) is 14.2. The van der Waals surface area contributed by atoms with E-state index in [9.17, 15) is 0 Å². The van der Waals surface area contributed by atoms with Crippen LogP contribution < -0.4 is 14.8 Å². The van der Waals surface area contributed by atoms with E-state index in [-0.39, 0.29) is 6.10 Å². The number of nitrogens with one attached hydrogen (secondary N) is 1. The number of benzene rings is 1. The molecule has 3 nitrogen and oxygen atoms in total. The third-order valence-electron chi connectivity index (χ3n) is 3.24. The molecule has 0 aliphatic carbocycles. The summed E-state index contributed by atoms with van der Waals surface area (Å²) in [5.74, 6) is 1.83. The third kappa shape index (κ3) is 6.85. The summed E-state index contributed by atoms with van der Waals surface area (Å²) < 4.78 is 11.8. The molecule has 1 unspecified atom stereocenters. The van der Waals surface area contributed by atoms with Crippen molar-refractivity contribution in [3.63, 3.8) is 0 Å². The molecule has 0 saturated heterocycles. The molecule has 1 N–H and O–H groups in total. The smallest absolute Gasteiger partial charge is 0.127 e. The second-order valence-electron chi connectivity index (χ2n) is 5.87. The molecule has 0 saturated carbocycles. The van der Waals surface area contributed by atoms with Gasteiger partial charge in [-0.2, -0.15) is 0 Å². The molecule has 0 spiro atoms. The Morgan fingerprint density at radius 2 is 1.86 bits per heavy atom. The molecule has 0 bridgehead atoms. The standard InChI is InChI=1S/C18H31NO2/c1-6-8-15(5)21-18-12-17(20-11-7-2)10-9-16(18)13-19-14(3)4/h9-10,12,14-15,19H,6-8,11,13H2,1-5H3. The van der Waals surface area contributed by atoms with Crippen molar-refractivity contribution >= 4 is 0 Å². The van der Waals surface area contributed by atoms with Gasteiger partial charge < -0.3 is 14.8 Å². The molecule has 0 heterocycles. The first-order valence-corrected chi connectivity index (χ1v) is 8.22. The fraction of sp³-hybridized carbons (Fsp3) is 0.667. The van der Waals surface area contributed by atoms with Crippen molar-refractivity contribution in [3.05, 3.63) is 23.8 Å². The van der Waals surface area contributed by atoms with E-state index in [0.29, 0.717) is 6.04 Å². The molecule has 1 aromatic carbocycles. The maximum absolute atomic E-state index is 6.12. The third-order valence-corrected chi connectivity index (χ3v) is 3.24. The Labute approximate surface area is 130 Å². The minimum atomic E-state index is 0.231. The molecule has 120 valence electrons. The van der Waals surface area contributed by atoms with Gasteiger partial charge in [-0.05, 0) is 25.8 Å². The molecule has 0 radical (unpaired) electrons. The second-order valence-corrected chi connectivity index (χ2v) is 5.87. The van der Waals surface area contributed by atoms with Crippen LogP contribution in [0.15, 0.2) is 18.2 Å². The van der Waals surface area contributed by atoms with Crippen molar-refractivity contribution in [3.8, 4) is 11.5 Å². The quantitative estimate of drug-likeness (QED) is 0.687. The highest BCUT2D eigenvalue weighted by Crippen LogP contribution is 2.27. The van der Waals surface area contributed by atoms with E-state index in [1.165, 1.54) is 5.56 Å². The molecular formula is C18H31NO2. The molecule has 0 aliphatic heterocycles. The van der Waals surface area contributed by atoms with E-state index < -0.39 is 0 Å². The van der Waals surface area contributed by atoms with Crippen molar-refractivity contribution < 1.29 is 9.47 Å². The molecule has 0 amide bonds.